The van der Waals surface area contributed by atoms with E-state index in [9.17, 15) is 4.79 Å². The average molecular weight is 286 g/mol. The summed E-state index contributed by atoms with van der Waals surface area (Å²) in [5.74, 6) is 1.01. The molecule has 0 saturated heterocycles. The SMILES string of the molecule is Cc1cc(C(=O)NCC(c2ccco2)n2cccn2)no1. The van der Waals surface area contributed by atoms with Gasteiger partial charge in [-0.05, 0) is 25.1 Å². The molecule has 1 N–H and O–H groups in total. The van der Waals surface area contributed by atoms with Crippen molar-refractivity contribution in [3.8, 4) is 0 Å². The van der Waals surface area contributed by atoms with E-state index in [4.69, 9.17) is 8.94 Å². The molecule has 108 valence electrons. The first-order valence-electron chi connectivity index (χ1n) is 6.48. The van der Waals surface area contributed by atoms with Crippen LogP contribution in [0.15, 0.2) is 51.9 Å². The van der Waals surface area contributed by atoms with Crippen molar-refractivity contribution < 1.29 is 13.7 Å². The van der Waals surface area contributed by atoms with Crippen LogP contribution in [0, 0.1) is 6.92 Å². The Morgan fingerprint density at radius 3 is 3.00 bits per heavy atom. The van der Waals surface area contributed by atoms with Crippen LogP contribution in [0.3, 0.4) is 0 Å². The largest absolute Gasteiger partial charge is 0.467 e. The average Bonchev–Trinajstić information content (AvgIpc) is 3.21. The minimum Gasteiger partial charge on any atom is -0.467 e. The fourth-order valence-electron chi connectivity index (χ4n) is 2.02. The molecule has 0 aliphatic rings. The van der Waals surface area contributed by atoms with Gasteiger partial charge in [-0.15, -0.1) is 0 Å². The Labute approximate surface area is 120 Å². The number of nitrogens with zero attached hydrogens (tertiary/aromatic N) is 3. The van der Waals surface area contributed by atoms with Gasteiger partial charge >= 0.3 is 0 Å². The minimum atomic E-state index is -0.296. The highest BCUT2D eigenvalue weighted by Crippen LogP contribution is 2.17. The number of amides is 1. The molecule has 3 rings (SSSR count). The molecule has 0 aliphatic carbocycles. The molecule has 0 aromatic carbocycles. The van der Waals surface area contributed by atoms with Crippen molar-refractivity contribution in [3.05, 3.63) is 60.1 Å². The summed E-state index contributed by atoms with van der Waals surface area (Å²) < 4.78 is 12.0. The van der Waals surface area contributed by atoms with Crippen molar-refractivity contribution in [2.75, 3.05) is 6.54 Å². The fourth-order valence-corrected chi connectivity index (χ4v) is 2.02. The zero-order valence-electron chi connectivity index (χ0n) is 11.4. The molecule has 1 atom stereocenters. The number of aromatic nitrogens is 3. The summed E-state index contributed by atoms with van der Waals surface area (Å²) in [5.41, 5.74) is 0.256. The van der Waals surface area contributed by atoms with Crippen molar-refractivity contribution in [2.45, 2.75) is 13.0 Å². The van der Waals surface area contributed by atoms with E-state index < -0.39 is 0 Å². The van der Waals surface area contributed by atoms with E-state index >= 15 is 0 Å². The molecule has 0 bridgehead atoms. The lowest BCUT2D eigenvalue weighted by Gasteiger charge is -2.15. The van der Waals surface area contributed by atoms with E-state index in [-0.39, 0.29) is 17.6 Å². The molecule has 3 aromatic rings. The Balaban J connectivity index is 1.72. The standard InChI is InChI=1S/C14H14N4O3/c1-10-8-11(17-21-10)14(19)15-9-12(13-4-2-7-20-13)18-6-3-5-16-18/h2-8,12H,9H2,1H3,(H,15,19). The normalized spacial score (nSPS) is 12.2. The Morgan fingerprint density at radius 1 is 1.48 bits per heavy atom. The molecule has 0 radical (unpaired) electrons. The molecule has 3 aromatic heterocycles. The molecule has 0 fully saturated rings. The van der Waals surface area contributed by atoms with Crippen LogP contribution in [-0.4, -0.2) is 27.4 Å². The highest BCUT2D eigenvalue weighted by Gasteiger charge is 2.19. The van der Waals surface area contributed by atoms with Gasteiger partial charge in [0.15, 0.2) is 5.69 Å². The number of hydrogen-bond acceptors (Lipinski definition) is 5. The highest BCUT2D eigenvalue weighted by molar-refractivity contribution is 5.92. The van der Waals surface area contributed by atoms with Crippen LogP contribution in [0.5, 0.6) is 0 Å². The van der Waals surface area contributed by atoms with Gasteiger partial charge in [-0.3, -0.25) is 9.48 Å². The molecule has 0 aliphatic heterocycles. The number of carbonyl (C=O) groups is 1. The Hall–Kier alpha value is -2.83. The van der Waals surface area contributed by atoms with E-state index in [2.05, 4.69) is 15.6 Å². The quantitative estimate of drug-likeness (QED) is 0.772. The maximum atomic E-state index is 12.0. The summed E-state index contributed by atoms with van der Waals surface area (Å²) in [5, 5.41) is 10.7. The van der Waals surface area contributed by atoms with Crippen LogP contribution in [-0.2, 0) is 0 Å². The molecular weight excluding hydrogens is 272 g/mol. The van der Waals surface area contributed by atoms with Gasteiger partial charge in [0.25, 0.3) is 5.91 Å². The Bertz CT molecular complexity index is 666. The maximum Gasteiger partial charge on any atom is 0.273 e. The zero-order chi connectivity index (χ0) is 14.7. The molecule has 0 saturated carbocycles. The highest BCUT2D eigenvalue weighted by atomic mass is 16.5. The summed E-state index contributed by atoms with van der Waals surface area (Å²) >= 11 is 0. The summed E-state index contributed by atoms with van der Waals surface area (Å²) in [7, 11) is 0. The number of carbonyl (C=O) groups excluding carboxylic acids is 1. The third-order valence-corrected chi connectivity index (χ3v) is 3.03. The topological polar surface area (TPSA) is 86.1 Å². The number of aryl methyl sites for hydroxylation is 1. The van der Waals surface area contributed by atoms with Gasteiger partial charge in [0.2, 0.25) is 0 Å². The van der Waals surface area contributed by atoms with Crippen LogP contribution in [0.4, 0.5) is 0 Å². The zero-order valence-corrected chi connectivity index (χ0v) is 11.4. The van der Waals surface area contributed by atoms with E-state index in [1.165, 1.54) is 0 Å². The van der Waals surface area contributed by atoms with Crippen LogP contribution in [0.2, 0.25) is 0 Å². The summed E-state index contributed by atoms with van der Waals surface area (Å²) in [6.07, 6.45) is 5.09. The van der Waals surface area contributed by atoms with E-state index in [0.29, 0.717) is 12.3 Å². The molecule has 7 heteroatoms. The monoisotopic (exact) mass is 286 g/mol. The molecule has 1 amide bonds. The van der Waals surface area contributed by atoms with Crippen LogP contribution in [0.25, 0.3) is 0 Å². The second kappa shape index (κ2) is 5.66. The summed E-state index contributed by atoms with van der Waals surface area (Å²) in [4.78, 5) is 12.0. The molecule has 1 unspecified atom stereocenters. The molecule has 21 heavy (non-hydrogen) atoms. The van der Waals surface area contributed by atoms with Gasteiger partial charge in [0, 0.05) is 25.0 Å². The van der Waals surface area contributed by atoms with Gasteiger partial charge < -0.3 is 14.3 Å². The first-order chi connectivity index (χ1) is 10.2. The van der Waals surface area contributed by atoms with Crippen LogP contribution in [0.1, 0.15) is 28.1 Å². The second-order valence-corrected chi connectivity index (χ2v) is 4.55. The van der Waals surface area contributed by atoms with Crippen LogP contribution < -0.4 is 5.32 Å². The summed E-state index contributed by atoms with van der Waals surface area (Å²) in [6.45, 7) is 2.07. The second-order valence-electron chi connectivity index (χ2n) is 4.55. The smallest absolute Gasteiger partial charge is 0.273 e. The third-order valence-electron chi connectivity index (χ3n) is 3.03. The first-order valence-corrected chi connectivity index (χ1v) is 6.48. The maximum absolute atomic E-state index is 12.0. The van der Waals surface area contributed by atoms with Gasteiger partial charge in [-0.2, -0.15) is 5.10 Å². The number of nitrogens with one attached hydrogen (secondary N) is 1. The molecule has 3 heterocycles. The van der Waals surface area contributed by atoms with Crippen molar-refractivity contribution in [1.82, 2.24) is 20.3 Å². The van der Waals surface area contributed by atoms with E-state index in [0.717, 1.165) is 5.76 Å². The van der Waals surface area contributed by atoms with Crippen molar-refractivity contribution in [3.63, 3.8) is 0 Å². The van der Waals surface area contributed by atoms with E-state index in [1.54, 1.807) is 36.2 Å². The van der Waals surface area contributed by atoms with Crippen molar-refractivity contribution >= 4 is 5.91 Å². The minimum absolute atomic E-state index is 0.216. The lowest BCUT2D eigenvalue weighted by atomic mass is 10.2. The predicted octanol–water partition coefficient (Wildman–Crippen LogP) is 1.79. The van der Waals surface area contributed by atoms with Crippen molar-refractivity contribution in [2.24, 2.45) is 0 Å². The van der Waals surface area contributed by atoms with Gasteiger partial charge in [0.05, 0.1) is 6.26 Å². The number of hydrogen-bond donors (Lipinski definition) is 1. The van der Waals surface area contributed by atoms with E-state index in [1.807, 2.05) is 18.3 Å². The van der Waals surface area contributed by atoms with Gasteiger partial charge in [-0.25, -0.2) is 0 Å². The van der Waals surface area contributed by atoms with Crippen LogP contribution >= 0.6 is 0 Å². The first kappa shape index (κ1) is 13.2. The van der Waals surface area contributed by atoms with Gasteiger partial charge in [-0.1, -0.05) is 5.16 Å². The third kappa shape index (κ3) is 2.86. The molecule has 7 nitrogen and oxygen atoms in total. The fraction of sp³-hybridized carbons (Fsp3) is 0.214. The number of rotatable bonds is 5. The molecular formula is C14H14N4O3. The Morgan fingerprint density at radius 2 is 2.38 bits per heavy atom. The Kier molecular flexibility index (Phi) is 3.55. The van der Waals surface area contributed by atoms with Crippen molar-refractivity contribution in [1.29, 1.82) is 0 Å². The lowest BCUT2D eigenvalue weighted by Crippen LogP contribution is -2.31. The van der Waals surface area contributed by atoms with Gasteiger partial charge in [0.1, 0.15) is 17.6 Å². The lowest BCUT2D eigenvalue weighted by molar-refractivity contribution is 0.0939. The number of furan rings is 1. The summed E-state index contributed by atoms with van der Waals surface area (Å²) in [6, 6.07) is 6.84. The predicted molar refractivity (Wildman–Crippen MR) is 72.6 cm³/mol. The molecule has 0 spiro atoms.